The quantitative estimate of drug-likeness (QED) is 0.285. The number of aryl methyl sites for hydroxylation is 2. The molecule has 0 unspecified atom stereocenters. The maximum Gasteiger partial charge on any atom is 0.193 e. The Kier molecular flexibility index (Phi) is 8.76. The molecule has 2 aliphatic heterocycles. The van der Waals surface area contributed by atoms with Gasteiger partial charge in [-0.3, -0.25) is 19.7 Å². The van der Waals surface area contributed by atoms with Crippen molar-refractivity contribution in [2.24, 2.45) is 0 Å². The van der Waals surface area contributed by atoms with E-state index < -0.39 is 5.82 Å². The number of fused-ring (bicyclic) bond motifs is 1. The first-order chi connectivity index (χ1) is 22.4. The third-order valence-electron chi connectivity index (χ3n) is 9.69. The molecule has 3 aliphatic rings. The molecule has 1 N–H and O–H groups in total. The second-order valence-electron chi connectivity index (χ2n) is 13.2. The zero-order chi connectivity index (χ0) is 31.8. The molecule has 0 bridgehead atoms. The van der Waals surface area contributed by atoms with E-state index in [1.807, 2.05) is 43.4 Å². The number of aliphatic hydroxyl groups excluding tert-OH is 1. The molecule has 242 valence electrons. The summed E-state index contributed by atoms with van der Waals surface area (Å²) in [6.07, 6.45) is 9.63. The van der Waals surface area contributed by atoms with Crippen LogP contribution in [0.25, 0.3) is 10.9 Å². The molecule has 3 fully saturated rings. The van der Waals surface area contributed by atoms with E-state index in [1.54, 1.807) is 0 Å². The second-order valence-corrected chi connectivity index (χ2v) is 13.2. The van der Waals surface area contributed by atoms with Crippen molar-refractivity contribution in [3.05, 3.63) is 93.5 Å². The van der Waals surface area contributed by atoms with Crippen LogP contribution >= 0.6 is 0 Å². The van der Waals surface area contributed by atoms with Gasteiger partial charge in [-0.05, 0) is 81.5 Å². The maximum absolute atomic E-state index is 15.8. The number of aliphatic hydroxyl groups is 1. The van der Waals surface area contributed by atoms with Gasteiger partial charge in [0.1, 0.15) is 5.82 Å². The van der Waals surface area contributed by atoms with Gasteiger partial charge in [-0.15, -0.1) is 0 Å². The molecule has 4 aromatic rings. The number of ether oxygens (including phenoxy) is 1. The minimum atomic E-state index is -0.415. The molecule has 3 aromatic heterocycles. The van der Waals surface area contributed by atoms with Crippen LogP contribution < -0.4 is 15.2 Å². The lowest BCUT2D eigenvalue weighted by atomic mass is 10.0. The molecular formula is C36H43FN6O3. The van der Waals surface area contributed by atoms with Gasteiger partial charge in [0.15, 0.2) is 5.43 Å². The standard InChI is InChI=1S/C36H43FN6O3/c1-24-5-6-29(17-39-24)40-11-3-4-30(21-40)42(18-26-9-10-38-25(2)14-26)19-27-20-43(28-7-8-28)34-16-35(33(37)15-32(34)36(27)45)41-12-13-46-31(22-41)23-44/h5-6,9-10,14-17,20,28,30-31,44H,3-4,7-8,11-13,18-19,21-23H2,1-2H3/t30-,31-/m0/s1. The first-order valence-electron chi connectivity index (χ1n) is 16.5. The normalized spacial score (nSPS) is 20.5. The highest BCUT2D eigenvalue weighted by Crippen LogP contribution is 2.38. The maximum atomic E-state index is 15.8. The van der Waals surface area contributed by atoms with Crippen LogP contribution in [-0.4, -0.2) is 76.1 Å². The number of anilines is 2. The predicted molar refractivity (Wildman–Crippen MR) is 178 cm³/mol. The van der Waals surface area contributed by atoms with E-state index in [4.69, 9.17) is 4.74 Å². The lowest BCUT2D eigenvalue weighted by molar-refractivity contribution is 0.00341. The molecule has 9 nitrogen and oxygen atoms in total. The third kappa shape index (κ3) is 6.52. The predicted octanol–water partition coefficient (Wildman–Crippen LogP) is 4.75. The number of pyridine rings is 3. The number of morpholine rings is 1. The van der Waals surface area contributed by atoms with Crippen molar-refractivity contribution in [1.29, 1.82) is 0 Å². The number of halogens is 1. The van der Waals surface area contributed by atoms with Gasteiger partial charge in [-0.25, -0.2) is 4.39 Å². The highest BCUT2D eigenvalue weighted by Gasteiger charge is 2.31. The van der Waals surface area contributed by atoms with E-state index in [0.29, 0.717) is 55.5 Å². The van der Waals surface area contributed by atoms with Gasteiger partial charge in [0.2, 0.25) is 0 Å². The Bertz CT molecular complexity index is 1760. The number of hydrogen-bond donors (Lipinski definition) is 1. The number of benzene rings is 1. The fourth-order valence-electron chi connectivity index (χ4n) is 7.08. The fourth-order valence-corrected chi connectivity index (χ4v) is 7.08. The summed E-state index contributed by atoms with van der Waals surface area (Å²) in [5.74, 6) is -0.415. The average molecular weight is 627 g/mol. The number of aromatic nitrogens is 3. The van der Waals surface area contributed by atoms with Crippen LogP contribution in [-0.2, 0) is 17.8 Å². The number of hydrogen-bond acceptors (Lipinski definition) is 8. The van der Waals surface area contributed by atoms with Gasteiger partial charge in [0.25, 0.3) is 0 Å². The smallest absolute Gasteiger partial charge is 0.193 e. The molecule has 46 heavy (non-hydrogen) atoms. The molecule has 5 heterocycles. The van der Waals surface area contributed by atoms with Crippen LogP contribution in [0.5, 0.6) is 0 Å². The van der Waals surface area contributed by atoms with Crippen molar-refractivity contribution in [2.45, 2.75) is 70.8 Å². The van der Waals surface area contributed by atoms with Crippen LogP contribution in [0.3, 0.4) is 0 Å². The summed E-state index contributed by atoms with van der Waals surface area (Å²) in [7, 11) is 0. The topological polar surface area (TPSA) is 87.0 Å². The SMILES string of the molecule is Cc1ccc(N2CCC[C@H](N(Cc3ccnc(C)c3)Cc3cn(C4CC4)c4cc(N5CCO[C@H](CO)C5)c(F)cc4c3=O)C2)cn1. The molecule has 1 saturated carbocycles. The molecule has 10 heteroatoms. The van der Waals surface area contributed by atoms with Crippen molar-refractivity contribution in [3.63, 3.8) is 0 Å². The van der Waals surface area contributed by atoms with Gasteiger partial charge >= 0.3 is 0 Å². The Balaban J connectivity index is 1.24. The molecule has 0 amide bonds. The van der Waals surface area contributed by atoms with E-state index in [9.17, 15) is 9.90 Å². The highest BCUT2D eigenvalue weighted by molar-refractivity contribution is 5.84. The summed E-state index contributed by atoms with van der Waals surface area (Å²) >= 11 is 0. The summed E-state index contributed by atoms with van der Waals surface area (Å²) in [4.78, 5) is 29.9. The van der Waals surface area contributed by atoms with Gasteiger partial charge in [0, 0.05) is 86.1 Å². The molecule has 1 aliphatic carbocycles. The lowest BCUT2D eigenvalue weighted by Gasteiger charge is -2.40. The van der Waals surface area contributed by atoms with Crippen LogP contribution in [0, 0.1) is 19.7 Å². The zero-order valence-corrected chi connectivity index (χ0v) is 26.7. The van der Waals surface area contributed by atoms with E-state index in [0.717, 1.165) is 66.9 Å². The summed E-state index contributed by atoms with van der Waals surface area (Å²) in [5.41, 5.74) is 6.05. The van der Waals surface area contributed by atoms with Crippen LogP contribution in [0.1, 0.15) is 54.2 Å². The molecular weight excluding hydrogens is 583 g/mol. The summed E-state index contributed by atoms with van der Waals surface area (Å²) in [6, 6.07) is 12.1. The number of piperidine rings is 1. The van der Waals surface area contributed by atoms with Crippen LogP contribution in [0.15, 0.2) is 59.8 Å². The second kappa shape index (κ2) is 13.1. The molecule has 0 radical (unpaired) electrons. The van der Waals surface area contributed by atoms with Crippen molar-refractivity contribution in [2.75, 3.05) is 49.2 Å². The monoisotopic (exact) mass is 626 g/mol. The van der Waals surface area contributed by atoms with E-state index in [2.05, 4.69) is 48.6 Å². The van der Waals surface area contributed by atoms with Crippen molar-refractivity contribution in [3.8, 4) is 0 Å². The molecule has 0 spiro atoms. The fraction of sp³-hybridized carbons (Fsp3) is 0.472. The minimum absolute atomic E-state index is 0.112. The summed E-state index contributed by atoms with van der Waals surface area (Å²) in [5, 5.41) is 10.1. The molecule has 2 saturated heterocycles. The van der Waals surface area contributed by atoms with Gasteiger partial charge in [-0.1, -0.05) is 0 Å². The molecule has 7 rings (SSSR count). The number of nitrogens with zero attached hydrogens (tertiary/aromatic N) is 6. The van der Waals surface area contributed by atoms with Gasteiger partial charge in [-0.2, -0.15) is 0 Å². The molecule has 2 atom stereocenters. The Morgan fingerprint density at radius 3 is 2.63 bits per heavy atom. The van der Waals surface area contributed by atoms with Crippen LogP contribution in [0.2, 0.25) is 0 Å². The summed E-state index contributed by atoms with van der Waals surface area (Å²) in [6.45, 7) is 8.22. The molecule has 1 aromatic carbocycles. The van der Waals surface area contributed by atoms with Crippen molar-refractivity contribution in [1.82, 2.24) is 19.4 Å². The Morgan fingerprint density at radius 2 is 1.87 bits per heavy atom. The van der Waals surface area contributed by atoms with Crippen LogP contribution in [0.4, 0.5) is 15.8 Å². The van der Waals surface area contributed by atoms with Crippen molar-refractivity contribution >= 4 is 22.3 Å². The van der Waals surface area contributed by atoms with Gasteiger partial charge in [0.05, 0.1) is 42.4 Å². The minimum Gasteiger partial charge on any atom is -0.394 e. The highest BCUT2D eigenvalue weighted by atomic mass is 19.1. The zero-order valence-electron chi connectivity index (χ0n) is 26.7. The Morgan fingerprint density at radius 1 is 1.00 bits per heavy atom. The van der Waals surface area contributed by atoms with E-state index >= 15 is 4.39 Å². The largest absolute Gasteiger partial charge is 0.394 e. The summed E-state index contributed by atoms with van der Waals surface area (Å²) < 4.78 is 23.6. The lowest BCUT2D eigenvalue weighted by Crippen LogP contribution is -2.48. The van der Waals surface area contributed by atoms with Gasteiger partial charge < -0.3 is 24.2 Å². The number of rotatable bonds is 9. The Hall–Kier alpha value is -3.86. The Labute approximate surface area is 269 Å². The third-order valence-corrected chi connectivity index (χ3v) is 9.69. The first kappa shape index (κ1) is 30.8. The van der Waals surface area contributed by atoms with E-state index in [1.165, 1.54) is 6.07 Å². The average Bonchev–Trinajstić information content (AvgIpc) is 3.92. The first-order valence-corrected chi connectivity index (χ1v) is 16.5. The van der Waals surface area contributed by atoms with Crippen molar-refractivity contribution < 1.29 is 14.2 Å². The van der Waals surface area contributed by atoms with E-state index in [-0.39, 0.29) is 24.2 Å².